The minimum absolute atomic E-state index is 0.0185. The highest BCUT2D eigenvalue weighted by Gasteiger charge is 2.36. The Kier molecular flexibility index (Phi) is 8.26. The third-order valence-corrected chi connectivity index (χ3v) is 4.64. The second-order valence-corrected chi connectivity index (χ2v) is 7.31. The first-order valence-electron chi connectivity index (χ1n) is 8.93. The number of rotatable bonds is 9. The Morgan fingerprint density at radius 3 is 2.12 bits per heavy atom. The summed E-state index contributed by atoms with van der Waals surface area (Å²) in [6.45, 7) is 9.84. The summed E-state index contributed by atoms with van der Waals surface area (Å²) in [5.74, 6) is -0.568. The maximum Gasteiger partial charge on any atom is 0.251 e. The molecular weight excluding hydrogens is 316 g/mol. The number of ketones is 1. The highest BCUT2D eigenvalue weighted by atomic mass is 16.3. The summed E-state index contributed by atoms with van der Waals surface area (Å²) >= 11 is 0. The van der Waals surface area contributed by atoms with Gasteiger partial charge in [-0.3, -0.25) is 14.5 Å². The van der Waals surface area contributed by atoms with Crippen LogP contribution in [0.15, 0.2) is 30.3 Å². The highest BCUT2D eigenvalue weighted by molar-refractivity contribution is 5.94. The molecule has 0 aliphatic carbocycles. The molecule has 0 heterocycles. The Bertz CT molecular complexity index is 557. The van der Waals surface area contributed by atoms with E-state index in [1.165, 1.54) is 0 Å². The van der Waals surface area contributed by atoms with Gasteiger partial charge in [0.2, 0.25) is 0 Å². The van der Waals surface area contributed by atoms with E-state index < -0.39 is 12.1 Å². The predicted octanol–water partition coefficient (Wildman–Crippen LogP) is 2.35. The molecule has 0 spiro atoms. The van der Waals surface area contributed by atoms with E-state index >= 15 is 0 Å². The van der Waals surface area contributed by atoms with Crippen LogP contribution in [0.2, 0.25) is 0 Å². The first-order valence-corrected chi connectivity index (χ1v) is 8.93. The summed E-state index contributed by atoms with van der Waals surface area (Å²) < 4.78 is 0. The van der Waals surface area contributed by atoms with Gasteiger partial charge in [0.25, 0.3) is 5.91 Å². The SMILES string of the molecule is CC(C)C(=O)[C@H]([C@H](O)[C@H](C)CNC(=O)c1ccccc1)N(C)C(C)C. The van der Waals surface area contributed by atoms with E-state index in [9.17, 15) is 14.7 Å². The van der Waals surface area contributed by atoms with Crippen molar-refractivity contribution in [2.24, 2.45) is 11.8 Å². The number of carbonyl (C=O) groups is 2. The fourth-order valence-electron chi connectivity index (χ4n) is 2.65. The summed E-state index contributed by atoms with van der Waals surface area (Å²) in [5.41, 5.74) is 0.582. The third kappa shape index (κ3) is 5.94. The third-order valence-electron chi connectivity index (χ3n) is 4.64. The van der Waals surface area contributed by atoms with E-state index in [-0.39, 0.29) is 29.6 Å². The smallest absolute Gasteiger partial charge is 0.251 e. The van der Waals surface area contributed by atoms with Crippen molar-refractivity contribution in [3.63, 3.8) is 0 Å². The topological polar surface area (TPSA) is 69.6 Å². The van der Waals surface area contributed by atoms with Crippen molar-refractivity contribution < 1.29 is 14.7 Å². The summed E-state index contributed by atoms with van der Waals surface area (Å²) in [6, 6.07) is 8.51. The first-order chi connectivity index (χ1) is 11.7. The minimum atomic E-state index is -0.849. The zero-order valence-electron chi connectivity index (χ0n) is 16.2. The monoisotopic (exact) mass is 348 g/mol. The lowest BCUT2D eigenvalue weighted by Gasteiger charge is -2.37. The number of aliphatic hydroxyl groups excluding tert-OH is 1. The van der Waals surface area contributed by atoms with Crippen LogP contribution in [0.1, 0.15) is 45.0 Å². The average Bonchev–Trinajstić information content (AvgIpc) is 2.59. The van der Waals surface area contributed by atoms with E-state index in [1.807, 2.05) is 64.8 Å². The predicted molar refractivity (Wildman–Crippen MR) is 100 cm³/mol. The van der Waals surface area contributed by atoms with Crippen LogP contribution in [-0.4, -0.2) is 53.5 Å². The van der Waals surface area contributed by atoms with E-state index in [4.69, 9.17) is 0 Å². The molecule has 1 rings (SSSR count). The lowest BCUT2D eigenvalue weighted by molar-refractivity contribution is -0.133. The molecule has 0 saturated carbocycles. The van der Waals surface area contributed by atoms with Crippen molar-refractivity contribution in [3.8, 4) is 0 Å². The number of amides is 1. The van der Waals surface area contributed by atoms with Crippen molar-refractivity contribution in [2.75, 3.05) is 13.6 Å². The molecule has 1 amide bonds. The second-order valence-electron chi connectivity index (χ2n) is 7.31. The zero-order valence-corrected chi connectivity index (χ0v) is 16.2. The number of benzene rings is 1. The molecule has 140 valence electrons. The minimum Gasteiger partial charge on any atom is -0.391 e. The lowest BCUT2D eigenvalue weighted by atomic mass is 9.88. The number of nitrogens with zero attached hydrogens (tertiary/aromatic N) is 1. The molecular formula is C20H32N2O3. The van der Waals surface area contributed by atoms with Gasteiger partial charge < -0.3 is 10.4 Å². The van der Waals surface area contributed by atoms with Crippen LogP contribution in [0.3, 0.4) is 0 Å². The Morgan fingerprint density at radius 2 is 1.64 bits per heavy atom. The van der Waals surface area contributed by atoms with Gasteiger partial charge >= 0.3 is 0 Å². The molecule has 0 bridgehead atoms. The molecule has 0 aliphatic rings. The van der Waals surface area contributed by atoms with Crippen molar-refractivity contribution in [1.29, 1.82) is 0 Å². The molecule has 5 heteroatoms. The van der Waals surface area contributed by atoms with Crippen LogP contribution in [0.4, 0.5) is 0 Å². The summed E-state index contributed by atoms with van der Waals surface area (Å²) in [4.78, 5) is 26.7. The lowest BCUT2D eigenvalue weighted by Crippen LogP contribution is -2.54. The first kappa shape index (κ1) is 21.3. The second kappa shape index (κ2) is 9.68. The van der Waals surface area contributed by atoms with Crippen molar-refractivity contribution >= 4 is 11.7 Å². The van der Waals surface area contributed by atoms with E-state index in [0.29, 0.717) is 12.1 Å². The molecule has 3 atom stereocenters. The number of Topliss-reactive ketones (excluding diaryl/α,β-unsaturated/α-hetero) is 1. The molecule has 25 heavy (non-hydrogen) atoms. The summed E-state index contributed by atoms with van der Waals surface area (Å²) in [7, 11) is 1.86. The number of carbonyl (C=O) groups excluding carboxylic acids is 2. The van der Waals surface area contributed by atoms with E-state index in [1.54, 1.807) is 12.1 Å². The van der Waals surface area contributed by atoms with Gasteiger partial charge in [0.05, 0.1) is 12.1 Å². The summed E-state index contributed by atoms with van der Waals surface area (Å²) in [6.07, 6.45) is -0.849. The molecule has 0 aliphatic heterocycles. The van der Waals surface area contributed by atoms with Gasteiger partial charge in [-0.05, 0) is 33.0 Å². The van der Waals surface area contributed by atoms with Gasteiger partial charge in [0.15, 0.2) is 5.78 Å². The molecule has 0 aromatic heterocycles. The zero-order chi connectivity index (χ0) is 19.1. The standard InChI is InChI=1S/C20H32N2O3/c1-13(2)18(23)17(22(6)14(3)4)19(24)15(5)12-21-20(25)16-10-8-7-9-11-16/h7-11,13-15,17,19,24H,12H2,1-6H3,(H,21,25)/t15-,17-,19-/m1/s1. The fourth-order valence-corrected chi connectivity index (χ4v) is 2.65. The van der Waals surface area contributed by atoms with Crippen LogP contribution in [0.25, 0.3) is 0 Å². The van der Waals surface area contributed by atoms with Crippen LogP contribution in [0, 0.1) is 11.8 Å². The number of nitrogens with one attached hydrogen (secondary N) is 1. The summed E-state index contributed by atoms with van der Waals surface area (Å²) in [5, 5.41) is 13.6. The largest absolute Gasteiger partial charge is 0.391 e. The Hall–Kier alpha value is -1.72. The van der Waals surface area contributed by atoms with Gasteiger partial charge in [-0.15, -0.1) is 0 Å². The van der Waals surface area contributed by atoms with Crippen molar-refractivity contribution in [3.05, 3.63) is 35.9 Å². The number of hydrogen-bond acceptors (Lipinski definition) is 4. The Labute approximate surface area is 151 Å². The van der Waals surface area contributed by atoms with Crippen molar-refractivity contribution in [1.82, 2.24) is 10.2 Å². The van der Waals surface area contributed by atoms with Gasteiger partial charge in [0.1, 0.15) is 0 Å². The van der Waals surface area contributed by atoms with Crippen LogP contribution < -0.4 is 5.32 Å². The molecule has 2 N–H and O–H groups in total. The molecule has 5 nitrogen and oxygen atoms in total. The van der Waals surface area contributed by atoms with Crippen LogP contribution in [0.5, 0.6) is 0 Å². The van der Waals surface area contributed by atoms with Gasteiger partial charge in [-0.1, -0.05) is 39.0 Å². The molecule has 1 aromatic rings. The van der Waals surface area contributed by atoms with E-state index in [0.717, 1.165) is 0 Å². The van der Waals surface area contributed by atoms with Crippen LogP contribution >= 0.6 is 0 Å². The van der Waals surface area contributed by atoms with Gasteiger partial charge in [-0.2, -0.15) is 0 Å². The quantitative estimate of drug-likeness (QED) is 0.719. The molecule has 0 radical (unpaired) electrons. The molecule has 0 fully saturated rings. The molecule has 0 unspecified atom stereocenters. The maximum absolute atomic E-state index is 12.6. The normalized spacial score (nSPS) is 15.3. The van der Waals surface area contributed by atoms with Gasteiger partial charge in [-0.25, -0.2) is 0 Å². The molecule has 1 aromatic carbocycles. The van der Waals surface area contributed by atoms with E-state index in [2.05, 4.69) is 5.32 Å². The van der Waals surface area contributed by atoms with Gasteiger partial charge in [0, 0.05) is 30.0 Å². The number of hydrogen-bond donors (Lipinski definition) is 2. The maximum atomic E-state index is 12.6. The molecule has 0 saturated heterocycles. The highest BCUT2D eigenvalue weighted by Crippen LogP contribution is 2.18. The van der Waals surface area contributed by atoms with Crippen LogP contribution in [-0.2, 0) is 4.79 Å². The van der Waals surface area contributed by atoms with Crippen molar-refractivity contribution in [2.45, 2.75) is 52.8 Å². The average molecular weight is 348 g/mol. The fraction of sp³-hybridized carbons (Fsp3) is 0.600. The Morgan fingerprint density at radius 1 is 1.08 bits per heavy atom. The Balaban J connectivity index is 2.77. The number of likely N-dealkylation sites (N-methyl/N-ethyl adjacent to an activating group) is 1. The number of aliphatic hydroxyl groups is 1.